The van der Waals surface area contributed by atoms with E-state index in [0.29, 0.717) is 39.5 Å². The van der Waals surface area contributed by atoms with Gasteiger partial charge in [0.05, 0.1) is 46.2 Å². The van der Waals surface area contributed by atoms with E-state index in [1.807, 2.05) is 20.8 Å². The van der Waals surface area contributed by atoms with Crippen LogP contribution in [0, 0.1) is 0 Å². The fourth-order valence-electron chi connectivity index (χ4n) is 2.25. The van der Waals surface area contributed by atoms with Crippen molar-refractivity contribution in [2.24, 2.45) is 0 Å². The molecule has 0 N–H and O–H groups in total. The first kappa shape index (κ1) is 30.9. The summed E-state index contributed by atoms with van der Waals surface area (Å²) in [6.07, 6.45) is 1.23. The van der Waals surface area contributed by atoms with E-state index in [0.717, 1.165) is 6.42 Å². The Labute approximate surface area is 194 Å². The van der Waals surface area contributed by atoms with Crippen molar-refractivity contribution in [2.75, 3.05) is 46.2 Å². The number of cyclic esters (lactones) is 2. The minimum atomic E-state index is -3.30. The first-order valence-electron chi connectivity index (χ1n) is 10.3. The van der Waals surface area contributed by atoms with Gasteiger partial charge in [-0.1, -0.05) is 15.9 Å². The average Bonchev–Trinajstić information content (AvgIpc) is 3.32. The highest BCUT2D eigenvalue weighted by atomic mass is 79.9. The van der Waals surface area contributed by atoms with Crippen molar-refractivity contribution in [2.45, 2.75) is 57.9 Å². The maximum atomic E-state index is 12.1. The highest BCUT2D eigenvalue weighted by molar-refractivity contribution is 9.10. The second kappa shape index (κ2) is 18.3. The van der Waals surface area contributed by atoms with Crippen molar-refractivity contribution in [3.8, 4) is 0 Å². The Morgan fingerprint density at radius 3 is 1.55 bits per heavy atom. The standard InChI is InChI=1S/C8H15O5P.C6H15O3P.C4H5BrO2/c1-3-12-14(10,13-4-2)7-5-6-11-8(7)9;1-4-7-10(8-5-2)9-6-3;5-3-1-2-7-4(3)6/h7H,3-6H2,1-2H3;4-6H2,1-3H3;3H,1-2H2. The van der Waals surface area contributed by atoms with Gasteiger partial charge in [-0.3, -0.25) is 14.2 Å². The summed E-state index contributed by atoms with van der Waals surface area (Å²) < 4.78 is 46.9. The zero-order valence-electron chi connectivity index (χ0n) is 18.9. The van der Waals surface area contributed by atoms with Gasteiger partial charge >= 0.3 is 28.1 Å². The lowest BCUT2D eigenvalue weighted by molar-refractivity contribution is -0.138. The zero-order chi connectivity index (χ0) is 23.7. The fourth-order valence-corrected chi connectivity index (χ4v) is 5.33. The monoisotopic (exact) mass is 552 g/mol. The van der Waals surface area contributed by atoms with Gasteiger partial charge in [0, 0.05) is 12.8 Å². The minimum Gasteiger partial charge on any atom is -0.465 e. The van der Waals surface area contributed by atoms with E-state index < -0.39 is 27.8 Å². The third-order valence-electron chi connectivity index (χ3n) is 3.48. The third-order valence-corrected chi connectivity index (χ3v) is 8.19. The van der Waals surface area contributed by atoms with Crippen molar-refractivity contribution in [3.05, 3.63) is 0 Å². The lowest BCUT2D eigenvalue weighted by Gasteiger charge is -2.19. The highest BCUT2D eigenvalue weighted by Gasteiger charge is 2.45. The molecule has 2 heterocycles. The second-order valence-electron chi connectivity index (χ2n) is 5.75. The SMILES string of the molecule is CCOP(=O)(OCC)C1CCOC1=O.CCOP(OCC)OCC.O=C1OCCC1Br. The van der Waals surface area contributed by atoms with Crippen LogP contribution in [0.1, 0.15) is 47.5 Å². The maximum absolute atomic E-state index is 12.1. The Balaban J connectivity index is 0.000000463. The molecule has 0 radical (unpaired) electrons. The van der Waals surface area contributed by atoms with Crippen LogP contribution >= 0.6 is 32.1 Å². The number of hydrogen-bond donors (Lipinski definition) is 0. The van der Waals surface area contributed by atoms with Gasteiger partial charge in [-0.05, 0) is 34.6 Å². The molecule has 2 saturated heterocycles. The van der Waals surface area contributed by atoms with E-state index in [1.54, 1.807) is 13.8 Å². The van der Waals surface area contributed by atoms with E-state index in [9.17, 15) is 14.2 Å². The molecule has 2 fully saturated rings. The van der Waals surface area contributed by atoms with E-state index in [1.165, 1.54) is 0 Å². The Bertz CT molecular complexity index is 527. The topological polar surface area (TPSA) is 116 Å². The molecule has 0 aromatic carbocycles. The molecule has 2 aliphatic rings. The number of carbonyl (C=O) groups is 2. The summed E-state index contributed by atoms with van der Waals surface area (Å²) in [5.41, 5.74) is -0.734. The predicted octanol–water partition coefficient (Wildman–Crippen LogP) is 4.59. The molecule has 0 saturated carbocycles. The molecular formula is C18H35BrO10P2. The van der Waals surface area contributed by atoms with Crippen LogP contribution in [0.4, 0.5) is 0 Å². The fraction of sp³-hybridized carbons (Fsp3) is 0.889. The van der Waals surface area contributed by atoms with Crippen molar-refractivity contribution in [3.63, 3.8) is 0 Å². The molecule has 31 heavy (non-hydrogen) atoms. The van der Waals surface area contributed by atoms with Gasteiger partial charge in [0.2, 0.25) is 0 Å². The molecule has 2 rings (SSSR count). The normalized spacial score (nSPS) is 20.5. The molecule has 0 bridgehead atoms. The number of ether oxygens (including phenoxy) is 2. The lowest BCUT2D eigenvalue weighted by Crippen LogP contribution is -2.18. The molecule has 2 atom stereocenters. The number of halogens is 1. The van der Waals surface area contributed by atoms with Gasteiger partial charge < -0.3 is 32.1 Å². The molecule has 2 unspecified atom stereocenters. The first-order chi connectivity index (χ1) is 14.8. The molecule has 0 aromatic rings. The van der Waals surface area contributed by atoms with Crippen LogP contribution in [-0.4, -0.2) is 68.7 Å². The molecule has 10 nitrogen and oxygen atoms in total. The van der Waals surface area contributed by atoms with Crippen LogP contribution < -0.4 is 0 Å². The van der Waals surface area contributed by atoms with Gasteiger partial charge in [0.1, 0.15) is 4.83 Å². The number of carbonyl (C=O) groups excluding carboxylic acids is 2. The summed E-state index contributed by atoms with van der Waals surface area (Å²) in [6.45, 7) is 12.5. The molecule has 184 valence electrons. The van der Waals surface area contributed by atoms with Crippen molar-refractivity contribution < 1.29 is 46.2 Å². The lowest BCUT2D eigenvalue weighted by atomic mass is 10.4. The molecule has 0 amide bonds. The van der Waals surface area contributed by atoms with E-state index in [2.05, 4.69) is 20.7 Å². The van der Waals surface area contributed by atoms with E-state index in [-0.39, 0.29) is 24.0 Å². The Hall–Kier alpha value is -0.120. The average molecular weight is 553 g/mol. The van der Waals surface area contributed by atoms with Crippen LogP contribution in [0.2, 0.25) is 0 Å². The van der Waals surface area contributed by atoms with E-state index in [4.69, 9.17) is 27.4 Å². The van der Waals surface area contributed by atoms with Crippen molar-refractivity contribution in [1.29, 1.82) is 0 Å². The summed E-state index contributed by atoms with van der Waals surface area (Å²) in [7, 11) is -4.36. The molecule has 0 aromatic heterocycles. The number of esters is 2. The highest BCUT2D eigenvalue weighted by Crippen LogP contribution is 2.55. The Kier molecular flexibility index (Phi) is 18.3. The van der Waals surface area contributed by atoms with Gasteiger partial charge in [-0.15, -0.1) is 0 Å². The molecule has 0 aliphatic carbocycles. The Morgan fingerprint density at radius 2 is 1.29 bits per heavy atom. The molecule has 13 heteroatoms. The largest absolute Gasteiger partial charge is 0.465 e. The van der Waals surface area contributed by atoms with E-state index >= 15 is 0 Å². The van der Waals surface area contributed by atoms with Crippen LogP contribution in [0.15, 0.2) is 0 Å². The van der Waals surface area contributed by atoms with Crippen LogP contribution in [0.3, 0.4) is 0 Å². The minimum absolute atomic E-state index is 0.0347. The summed E-state index contributed by atoms with van der Waals surface area (Å²) in [5, 5.41) is 0. The predicted molar refractivity (Wildman–Crippen MR) is 120 cm³/mol. The zero-order valence-corrected chi connectivity index (χ0v) is 22.2. The smallest absolute Gasteiger partial charge is 0.345 e. The number of alkyl halides is 1. The van der Waals surface area contributed by atoms with Gasteiger partial charge in [-0.2, -0.15) is 0 Å². The van der Waals surface area contributed by atoms with Gasteiger partial charge in [0.15, 0.2) is 5.66 Å². The van der Waals surface area contributed by atoms with Crippen molar-refractivity contribution in [1.82, 2.24) is 0 Å². The van der Waals surface area contributed by atoms with Gasteiger partial charge in [0.25, 0.3) is 0 Å². The Morgan fingerprint density at radius 1 is 0.839 bits per heavy atom. The summed E-state index contributed by atoms with van der Waals surface area (Å²) in [4.78, 5) is 21.5. The van der Waals surface area contributed by atoms with Crippen LogP contribution in [0.25, 0.3) is 0 Å². The number of rotatable bonds is 11. The first-order valence-corrected chi connectivity index (χ1v) is 14.0. The maximum Gasteiger partial charge on any atom is 0.345 e. The van der Waals surface area contributed by atoms with Gasteiger partial charge in [-0.25, -0.2) is 0 Å². The third kappa shape index (κ3) is 12.6. The quantitative estimate of drug-likeness (QED) is 0.204. The van der Waals surface area contributed by atoms with Crippen LogP contribution in [-0.2, 0) is 46.2 Å². The van der Waals surface area contributed by atoms with Crippen molar-refractivity contribution >= 4 is 44.1 Å². The summed E-state index contributed by atoms with van der Waals surface area (Å²) in [5.74, 6) is -0.602. The summed E-state index contributed by atoms with van der Waals surface area (Å²) in [6, 6.07) is 0. The molecule has 0 spiro atoms. The molecule has 2 aliphatic heterocycles. The molecular weight excluding hydrogens is 518 g/mol. The second-order valence-corrected chi connectivity index (χ2v) is 10.3. The number of hydrogen-bond acceptors (Lipinski definition) is 10. The summed E-state index contributed by atoms with van der Waals surface area (Å²) >= 11 is 3.13. The van der Waals surface area contributed by atoms with Crippen LogP contribution in [0.5, 0.6) is 0 Å².